The van der Waals surface area contributed by atoms with Crippen LogP contribution in [-0.4, -0.2) is 0 Å². The molecule has 0 radical (unpaired) electrons. The lowest BCUT2D eigenvalue weighted by molar-refractivity contribution is 0.872. The van der Waals surface area contributed by atoms with Crippen LogP contribution < -0.4 is 5.73 Å². The van der Waals surface area contributed by atoms with E-state index in [9.17, 15) is 0 Å². The lowest BCUT2D eigenvalue weighted by Gasteiger charge is -2.13. The molecule has 0 aliphatic rings. The second-order valence-corrected chi connectivity index (χ2v) is 5.76. The number of halogens is 3. The fourth-order valence-corrected chi connectivity index (χ4v) is 3.43. The van der Waals surface area contributed by atoms with Crippen molar-refractivity contribution in [2.24, 2.45) is 5.73 Å². The highest BCUT2D eigenvalue weighted by Crippen LogP contribution is 2.34. The minimum absolute atomic E-state index is 0.258. The Morgan fingerprint density at radius 1 is 1.19 bits per heavy atom. The average molecular weight is 337 g/mol. The summed E-state index contributed by atoms with van der Waals surface area (Å²) in [5.41, 5.74) is 8.03. The van der Waals surface area contributed by atoms with Gasteiger partial charge in [0.05, 0.1) is 6.04 Å². The van der Waals surface area contributed by atoms with Gasteiger partial charge in [-0.05, 0) is 50.6 Å². The van der Waals surface area contributed by atoms with E-state index in [-0.39, 0.29) is 6.04 Å². The van der Waals surface area contributed by atoms with Crippen molar-refractivity contribution in [1.29, 1.82) is 0 Å². The highest BCUT2D eigenvalue weighted by molar-refractivity contribution is 9.10. The molecule has 0 amide bonds. The Hall–Kier alpha value is -0.0600. The Kier molecular flexibility index (Phi) is 3.93. The van der Waals surface area contributed by atoms with Crippen molar-refractivity contribution in [1.82, 2.24) is 0 Å². The Balaban J connectivity index is 2.45. The molecule has 2 aromatic rings. The van der Waals surface area contributed by atoms with Crippen molar-refractivity contribution in [3.05, 3.63) is 54.6 Å². The third kappa shape index (κ3) is 2.44. The van der Waals surface area contributed by atoms with E-state index >= 15 is 0 Å². The quantitative estimate of drug-likeness (QED) is 0.832. The minimum atomic E-state index is -0.258. The Bertz CT molecular complexity index is 512. The highest BCUT2D eigenvalue weighted by atomic mass is 79.9. The molecule has 0 saturated carbocycles. The van der Waals surface area contributed by atoms with Crippen molar-refractivity contribution in [3.63, 3.8) is 0 Å². The van der Waals surface area contributed by atoms with Gasteiger partial charge in [-0.1, -0.05) is 23.2 Å². The highest BCUT2D eigenvalue weighted by Gasteiger charge is 2.16. The average Bonchev–Trinajstić information content (AvgIpc) is 2.67. The second kappa shape index (κ2) is 5.07. The molecule has 1 aromatic carbocycles. The van der Waals surface area contributed by atoms with Gasteiger partial charge >= 0.3 is 0 Å². The fraction of sp³-hybridized carbons (Fsp3) is 0.0909. The lowest BCUT2D eigenvalue weighted by atomic mass is 10.0. The molecule has 0 aliphatic carbocycles. The lowest BCUT2D eigenvalue weighted by Crippen LogP contribution is -2.12. The summed E-state index contributed by atoms with van der Waals surface area (Å²) >= 11 is 17.1. The van der Waals surface area contributed by atoms with Crippen molar-refractivity contribution >= 4 is 50.5 Å². The molecule has 0 bridgehead atoms. The van der Waals surface area contributed by atoms with Gasteiger partial charge in [0.2, 0.25) is 0 Å². The molecule has 1 nitrogen and oxygen atoms in total. The van der Waals surface area contributed by atoms with E-state index in [2.05, 4.69) is 15.9 Å². The summed E-state index contributed by atoms with van der Waals surface area (Å²) in [5, 5.41) is 5.27. The van der Waals surface area contributed by atoms with Gasteiger partial charge in [0.25, 0.3) is 0 Å². The van der Waals surface area contributed by atoms with E-state index in [0.717, 1.165) is 15.6 Å². The first kappa shape index (κ1) is 12.4. The molecule has 5 heteroatoms. The third-order valence-corrected chi connectivity index (χ3v) is 4.60. The number of thiophene rings is 1. The van der Waals surface area contributed by atoms with Crippen molar-refractivity contribution in [3.8, 4) is 0 Å². The normalized spacial score (nSPS) is 12.8. The summed E-state index contributed by atoms with van der Waals surface area (Å²) in [7, 11) is 0. The smallest absolute Gasteiger partial charge is 0.0586 e. The van der Waals surface area contributed by atoms with Crippen LogP contribution in [0.4, 0.5) is 0 Å². The second-order valence-electron chi connectivity index (χ2n) is 3.32. The van der Waals surface area contributed by atoms with Crippen LogP contribution >= 0.6 is 50.5 Å². The van der Waals surface area contributed by atoms with Gasteiger partial charge in [0.1, 0.15) is 0 Å². The summed E-state index contributed by atoms with van der Waals surface area (Å²) in [6, 6.07) is 5.06. The Labute approximate surface area is 116 Å². The SMILES string of the molecule is NC(c1cc(Cl)ccc1Cl)c1cscc1Br. The van der Waals surface area contributed by atoms with E-state index in [0.29, 0.717) is 10.0 Å². The van der Waals surface area contributed by atoms with Crippen LogP contribution in [0.1, 0.15) is 17.2 Å². The van der Waals surface area contributed by atoms with Crippen LogP contribution in [0.3, 0.4) is 0 Å². The van der Waals surface area contributed by atoms with Gasteiger partial charge in [0.15, 0.2) is 0 Å². The molecule has 0 saturated heterocycles. The monoisotopic (exact) mass is 335 g/mol. The zero-order valence-electron chi connectivity index (χ0n) is 8.08. The van der Waals surface area contributed by atoms with E-state index in [1.54, 1.807) is 29.5 Å². The predicted octanol–water partition coefficient (Wildman–Crippen LogP) is 4.87. The predicted molar refractivity (Wildman–Crippen MR) is 74.5 cm³/mol. The third-order valence-electron chi connectivity index (χ3n) is 2.27. The van der Waals surface area contributed by atoms with Crippen LogP contribution in [0.15, 0.2) is 33.4 Å². The van der Waals surface area contributed by atoms with E-state index in [1.165, 1.54) is 0 Å². The summed E-state index contributed by atoms with van der Waals surface area (Å²) < 4.78 is 1.00. The molecule has 2 rings (SSSR count). The number of hydrogen-bond donors (Lipinski definition) is 1. The standard InChI is InChI=1S/C11H8BrCl2NS/c12-9-5-16-4-8(9)11(15)7-3-6(13)1-2-10(7)14/h1-5,11H,15H2. The number of hydrogen-bond acceptors (Lipinski definition) is 2. The van der Waals surface area contributed by atoms with Crippen molar-refractivity contribution in [2.45, 2.75) is 6.04 Å². The molecule has 0 spiro atoms. The van der Waals surface area contributed by atoms with Gasteiger partial charge in [-0.3, -0.25) is 0 Å². The van der Waals surface area contributed by atoms with Crippen molar-refractivity contribution < 1.29 is 0 Å². The molecule has 1 heterocycles. The first-order chi connectivity index (χ1) is 7.59. The minimum Gasteiger partial charge on any atom is -0.320 e. The first-order valence-electron chi connectivity index (χ1n) is 4.51. The largest absolute Gasteiger partial charge is 0.320 e. The van der Waals surface area contributed by atoms with Crippen LogP contribution in [0.5, 0.6) is 0 Å². The van der Waals surface area contributed by atoms with E-state index in [1.807, 2.05) is 10.8 Å². The van der Waals surface area contributed by atoms with Gasteiger partial charge in [0, 0.05) is 19.9 Å². The fourth-order valence-electron chi connectivity index (χ4n) is 1.43. The van der Waals surface area contributed by atoms with Crippen LogP contribution in [0, 0.1) is 0 Å². The van der Waals surface area contributed by atoms with Gasteiger partial charge in [-0.2, -0.15) is 11.3 Å². The van der Waals surface area contributed by atoms with Crippen LogP contribution in [-0.2, 0) is 0 Å². The summed E-state index contributed by atoms with van der Waals surface area (Å²) in [4.78, 5) is 0. The summed E-state index contributed by atoms with van der Waals surface area (Å²) in [6.07, 6.45) is 0. The molecule has 1 unspecified atom stereocenters. The first-order valence-corrected chi connectivity index (χ1v) is 7.01. The van der Waals surface area contributed by atoms with E-state index in [4.69, 9.17) is 28.9 Å². The van der Waals surface area contributed by atoms with Gasteiger partial charge in [-0.25, -0.2) is 0 Å². The summed E-state index contributed by atoms with van der Waals surface area (Å²) in [5.74, 6) is 0. The topological polar surface area (TPSA) is 26.0 Å². The maximum atomic E-state index is 6.16. The molecular formula is C11H8BrCl2NS. The summed E-state index contributed by atoms with van der Waals surface area (Å²) in [6.45, 7) is 0. The molecule has 84 valence electrons. The zero-order chi connectivity index (χ0) is 11.7. The number of nitrogens with two attached hydrogens (primary N) is 1. The molecule has 16 heavy (non-hydrogen) atoms. The maximum absolute atomic E-state index is 6.16. The van der Waals surface area contributed by atoms with Crippen LogP contribution in [0.25, 0.3) is 0 Å². The zero-order valence-corrected chi connectivity index (χ0v) is 12.0. The number of rotatable bonds is 2. The van der Waals surface area contributed by atoms with Gasteiger partial charge in [-0.15, -0.1) is 0 Å². The molecular weight excluding hydrogens is 329 g/mol. The number of benzene rings is 1. The maximum Gasteiger partial charge on any atom is 0.0586 e. The molecule has 0 fully saturated rings. The van der Waals surface area contributed by atoms with Gasteiger partial charge < -0.3 is 5.73 Å². The van der Waals surface area contributed by atoms with Crippen LogP contribution in [0.2, 0.25) is 10.0 Å². The molecule has 1 atom stereocenters. The molecule has 0 aliphatic heterocycles. The van der Waals surface area contributed by atoms with E-state index < -0.39 is 0 Å². The molecule has 1 aromatic heterocycles. The Morgan fingerprint density at radius 3 is 2.56 bits per heavy atom. The Morgan fingerprint density at radius 2 is 1.94 bits per heavy atom. The van der Waals surface area contributed by atoms with Crippen molar-refractivity contribution in [2.75, 3.05) is 0 Å². The molecule has 2 N–H and O–H groups in total.